The minimum Gasteiger partial charge on any atom is -0.356 e. The van der Waals surface area contributed by atoms with E-state index >= 15 is 0 Å². The Morgan fingerprint density at radius 2 is 2.00 bits per heavy atom. The van der Waals surface area contributed by atoms with E-state index in [0.29, 0.717) is 6.04 Å². The third-order valence-corrected chi connectivity index (χ3v) is 4.89. The number of hydrogen-bond donors (Lipinski definition) is 2. The van der Waals surface area contributed by atoms with E-state index in [1.54, 1.807) is 0 Å². The summed E-state index contributed by atoms with van der Waals surface area (Å²) in [5.74, 6) is 0.900. The summed E-state index contributed by atoms with van der Waals surface area (Å²) in [7, 11) is 1.84. The largest absolute Gasteiger partial charge is 0.356 e. The van der Waals surface area contributed by atoms with Gasteiger partial charge >= 0.3 is 0 Å². The zero-order valence-electron chi connectivity index (χ0n) is 15.1. The van der Waals surface area contributed by atoms with Crippen molar-refractivity contribution in [3.05, 3.63) is 35.9 Å². The minimum atomic E-state index is 0.0711. The molecule has 4 heteroatoms. The van der Waals surface area contributed by atoms with E-state index in [4.69, 9.17) is 0 Å². The number of aliphatic imine (C=N–C) groups is 1. The van der Waals surface area contributed by atoms with Gasteiger partial charge < -0.3 is 10.6 Å². The molecule has 0 spiro atoms. The highest BCUT2D eigenvalue weighted by Crippen LogP contribution is 2.21. The van der Waals surface area contributed by atoms with Crippen molar-refractivity contribution in [3.63, 3.8) is 0 Å². The number of benzene rings is 1. The molecule has 0 amide bonds. The lowest BCUT2D eigenvalue weighted by Gasteiger charge is -2.28. The van der Waals surface area contributed by atoms with Crippen molar-refractivity contribution in [1.82, 2.24) is 15.5 Å². The summed E-state index contributed by atoms with van der Waals surface area (Å²) in [6, 6.07) is 11.3. The summed E-state index contributed by atoms with van der Waals surface area (Å²) in [6.45, 7) is 11.0. The second-order valence-corrected chi connectivity index (χ2v) is 6.98. The summed E-state index contributed by atoms with van der Waals surface area (Å²) in [4.78, 5) is 6.92. The average Bonchev–Trinajstić information content (AvgIpc) is 3.03. The first-order chi connectivity index (χ1) is 11.1. The van der Waals surface area contributed by atoms with Crippen LogP contribution < -0.4 is 10.6 Å². The van der Waals surface area contributed by atoms with Crippen LogP contribution in [0.4, 0.5) is 0 Å². The van der Waals surface area contributed by atoms with Gasteiger partial charge in [0.1, 0.15) is 0 Å². The summed E-state index contributed by atoms with van der Waals surface area (Å²) < 4.78 is 0. The molecule has 1 unspecified atom stereocenters. The molecule has 2 rings (SSSR count). The zero-order chi connectivity index (χ0) is 16.7. The monoisotopic (exact) mass is 316 g/mol. The molecule has 1 aliphatic heterocycles. The van der Waals surface area contributed by atoms with Gasteiger partial charge in [0.2, 0.25) is 0 Å². The number of rotatable bonds is 6. The van der Waals surface area contributed by atoms with Crippen molar-refractivity contribution >= 4 is 5.96 Å². The second kappa shape index (κ2) is 8.34. The van der Waals surface area contributed by atoms with Crippen molar-refractivity contribution in [2.45, 2.75) is 45.1 Å². The van der Waals surface area contributed by atoms with Crippen LogP contribution in [0.2, 0.25) is 0 Å². The van der Waals surface area contributed by atoms with Crippen molar-refractivity contribution < 1.29 is 0 Å². The fourth-order valence-corrected chi connectivity index (χ4v) is 3.27. The van der Waals surface area contributed by atoms with E-state index in [1.165, 1.54) is 24.9 Å². The van der Waals surface area contributed by atoms with Gasteiger partial charge in [-0.25, -0.2) is 0 Å². The van der Waals surface area contributed by atoms with E-state index < -0.39 is 0 Å². The van der Waals surface area contributed by atoms with Crippen molar-refractivity contribution in [2.24, 2.45) is 4.99 Å². The first-order valence-electron chi connectivity index (χ1n) is 8.81. The number of guanidine groups is 1. The lowest BCUT2D eigenvalue weighted by atomic mass is 9.85. The molecule has 1 fully saturated rings. The molecule has 1 aromatic carbocycles. The van der Waals surface area contributed by atoms with E-state index in [9.17, 15) is 0 Å². The first-order valence-corrected chi connectivity index (χ1v) is 8.81. The maximum Gasteiger partial charge on any atom is 0.191 e. The maximum atomic E-state index is 4.37. The Morgan fingerprint density at radius 1 is 1.26 bits per heavy atom. The molecular formula is C19H32N4. The predicted molar refractivity (Wildman–Crippen MR) is 99.1 cm³/mol. The molecule has 0 aromatic heterocycles. The normalized spacial score (nSPS) is 19.8. The molecule has 0 aliphatic carbocycles. The molecule has 1 saturated heterocycles. The Labute approximate surface area is 141 Å². The maximum absolute atomic E-state index is 4.37. The van der Waals surface area contributed by atoms with Crippen molar-refractivity contribution in [3.8, 4) is 0 Å². The van der Waals surface area contributed by atoms with Gasteiger partial charge in [-0.2, -0.15) is 0 Å². The van der Waals surface area contributed by atoms with Crippen LogP contribution in [0.5, 0.6) is 0 Å². The topological polar surface area (TPSA) is 39.7 Å². The zero-order valence-corrected chi connectivity index (χ0v) is 15.1. The van der Waals surface area contributed by atoms with E-state index in [1.807, 2.05) is 7.05 Å². The summed E-state index contributed by atoms with van der Waals surface area (Å²) >= 11 is 0. The van der Waals surface area contributed by atoms with Crippen LogP contribution in [0.15, 0.2) is 35.3 Å². The Hall–Kier alpha value is -1.55. The van der Waals surface area contributed by atoms with E-state index in [2.05, 4.69) is 71.6 Å². The van der Waals surface area contributed by atoms with Gasteiger partial charge in [0, 0.05) is 31.6 Å². The SMILES string of the molecule is CCN1CCCC1CNC(=NC)NCC(C)(C)c1ccccc1. The number of likely N-dealkylation sites (tertiary alicyclic amines) is 1. The molecule has 2 N–H and O–H groups in total. The molecule has 0 saturated carbocycles. The summed E-state index contributed by atoms with van der Waals surface area (Å²) in [5.41, 5.74) is 1.41. The van der Waals surface area contributed by atoms with Crippen molar-refractivity contribution in [2.75, 3.05) is 33.2 Å². The van der Waals surface area contributed by atoms with Gasteiger partial charge in [-0.1, -0.05) is 51.1 Å². The first kappa shape index (κ1) is 17.8. The molecule has 0 bridgehead atoms. The molecule has 128 valence electrons. The highest BCUT2D eigenvalue weighted by molar-refractivity contribution is 5.79. The van der Waals surface area contributed by atoms with Gasteiger partial charge in [-0.15, -0.1) is 0 Å². The van der Waals surface area contributed by atoms with E-state index in [-0.39, 0.29) is 5.41 Å². The van der Waals surface area contributed by atoms with Crippen molar-refractivity contribution in [1.29, 1.82) is 0 Å². The third kappa shape index (κ3) is 4.96. The second-order valence-electron chi connectivity index (χ2n) is 6.98. The van der Waals surface area contributed by atoms with Crippen LogP contribution in [0.3, 0.4) is 0 Å². The smallest absolute Gasteiger partial charge is 0.191 e. The number of nitrogens with one attached hydrogen (secondary N) is 2. The van der Waals surface area contributed by atoms with E-state index in [0.717, 1.165) is 25.6 Å². The Bertz CT molecular complexity index is 495. The van der Waals surface area contributed by atoms with Gasteiger partial charge in [0.25, 0.3) is 0 Å². The molecule has 1 aromatic rings. The summed E-state index contributed by atoms with van der Waals surface area (Å²) in [6.07, 6.45) is 2.60. The van der Waals surface area contributed by atoms with Gasteiger partial charge in [-0.3, -0.25) is 9.89 Å². The molecule has 1 atom stereocenters. The molecular weight excluding hydrogens is 284 g/mol. The lowest BCUT2D eigenvalue weighted by Crippen LogP contribution is -2.47. The van der Waals surface area contributed by atoms with Gasteiger partial charge in [0.05, 0.1) is 0 Å². The van der Waals surface area contributed by atoms with Crippen LogP contribution >= 0.6 is 0 Å². The number of hydrogen-bond acceptors (Lipinski definition) is 2. The Balaban J connectivity index is 1.83. The lowest BCUT2D eigenvalue weighted by molar-refractivity contribution is 0.267. The van der Waals surface area contributed by atoms with Crippen LogP contribution in [0, 0.1) is 0 Å². The van der Waals surface area contributed by atoms with Crippen LogP contribution in [-0.4, -0.2) is 50.1 Å². The molecule has 0 radical (unpaired) electrons. The Kier molecular flexibility index (Phi) is 6.46. The average molecular weight is 316 g/mol. The van der Waals surface area contributed by atoms with Crippen LogP contribution in [0.25, 0.3) is 0 Å². The fraction of sp³-hybridized carbons (Fsp3) is 0.632. The van der Waals surface area contributed by atoms with Crippen LogP contribution in [0.1, 0.15) is 39.2 Å². The quantitative estimate of drug-likeness (QED) is 0.626. The highest BCUT2D eigenvalue weighted by Gasteiger charge is 2.24. The minimum absolute atomic E-state index is 0.0711. The number of nitrogens with zero attached hydrogens (tertiary/aromatic N) is 2. The summed E-state index contributed by atoms with van der Waals surface area (Å²) in [5, 5.41) is 6.98. The fourth-order valence-electron chi connectivity index (χ4n) is 3.27. The predicted octanol–water partition coefficient (Wildman–Crippen LogP) is 2.61. The number of likely N-dealkylation sites (N-methyl/N-ethyl adjacent to an activating group) is 1. The standard InChI is InChI=1S/C19H32N4/c1-5-23-13-9-12-17(23)14-21-18(20-4)22-15-19(2,3)16-10-7-6-8-11-16/h6-8,10-11,17H,5,9,12-15H2,1-4H3,(H2,20,21,22). The molecule has 4 nitrogen and oxygen atoms in total. The molecule has 23 heavy (non-hydrogen) atoms. The third-order valence-electron chi connectivity index (χ3n) is 4.89. The highest BCUT2D eigenvalue weighted by atomic mass is 15.2. The van der Waals surface area contributed by atoms with Gasteiger partial charge in [0.15, 0.2) is 5.96 Å². The Morgan fingerprint density at radius 3 is 2.65 bits per heavy atom. The molecule has 1 aliphatic rings. The van der Waals surface area contributed by atoms with Gasteiger partial charge in [-0.05, 0) is 31.5 Å². The van der Waals surface area contributed by atoms with Crippen LogP contribution in [-0.2, 0) is 5.41 Å². The molecule has 1 heterocycles.